The van der Waals surface area contributed by atoms with Crippen molar-refractivity contribution in [2.75, 3.05) is 13.2 Å². The van der Waals surface area contributed by atoms with E-state index in [2.05, 4.69) is 22.0 Å². The Morgan fingerprint density at radius 3 is 2.23 bits per heavy atom. The first-order valence-electron chi connectivity index (χ1n) is 13.7. The number of rotatable bonds is 12. The Bertz CT molecular complexity index is 1400. The minimum atomic E-state index is -0.445. The number of hydrogen-bond donors (Lipinski definition) is 1. The molecule has 39 heavy (non-hydrogen) atoms. The van der Waals surface area contributed by atoms with Gasteiger partial charge in [0.05, 0.1) is 18.0 Å². The zero-order valence-electron chi connectivity index (χ0n) is 23.3. The van der Waals surface area contributed by atoms with Gasteiger partial charge in [-0.2, -0.15) is 0 Å². The molecule has 0 aliphatic carbocycles. The molecule has 1 N–H and O–H groups in total. The first-order valence-corrected chi connectivity index (χ1v) is 13.7. The second kappa shape index (κ2) is 13.1. The van der Waals surface area contributed by atoms with Crippen LogP contribution < -0.4 is 10.1 Å². The molecule has 4 rings (SSSR count). The molecule has 2 unspecified atom stereocenters. The van der Waals surface area contributed by atoms with Crippen LogP contribution in [0, 0.1) is 12.8 Å². The Morgan fingerprint density at radius 2 is 1.56 bits per heavy atom. The predicted octanol–water partition coefficient (Wildman–Crippen LogP) is 6.19. The molecule has 6 nitrogen and oxygen atoms in total. The highest BCUT2D eigenvalue weighted by Gasteiger charge is 2.27. The van der Waals surface area contributed by atoms with E-state index in [1.165, 1.54) is 5.56 Å². The summed E-state index contributed by atoms with van der Waals surface area (Å²) in [5.41, 5.74) is 5.11. The highest BCUT2D eigenvalue weighted by molar-refractivity contribution is 5.94. The van der Waals surface area contributed by atoms with Crippen LogP contribution >= 0.6 is 0 Å². The largest absolute Gasteiger partial charge is 0.488 e. The summed E-state index contributed by atoms with van der Waals surface area (Å²) in [5.74, 6) is 0.125. The quantitative estimate of drug-likeness (QED) is 0.224. The molecule has 0 fully saturated rings. The first-order chi connectivity index (χ1) is 18.9. The van der Waals surface area contributed by atoms with E-state index >= 15 is 0 Å². The highest BCUT2D eigenvalue weighted by atomic mass is 16.5. The van der Waals surface area contributed by atoms with Crippen molar-refractivity contribution in [1.29, 1.82) is 0 Å². The van der Waals surface area contributed by atoms with E-state index in [1.54, 1.807) is 0 Å². The molecule has 0 spiro atoms. The van der Waals surface area contributed by atoms with Gasteiger partial charge in [0.15, 0.2) is 0 Å². The fraction of sp³-hybridized carbons (Fsp3) is 0.333. The molecule has 0 aliphatic heterocycles. The topological polar surface area (TPSA) is 69.6 Å². The number of esters is 1. The number of amides is 1. The molecular weight excluding hydrogens is 488 g/mol. The smallest absolute Gasteiger partial charge is 0.308 e. The van der Waals surface area contributed by atoms with Crippen molar-refractivity contribution in [2.24, 2.45) is 5.92 Å². The van der Waals surface area contributed by atoms with E-state index in [1.807, 2.05) is 94.4 Å². The molecule has 0 saturated heterocycles. The van der Waals surface area contributed by atoms with E-state index in [0.29, 0.717) is 26.2 Å². The molecule has 1 amide bonds. The number of aromatic nitrogens is 1. The third kappa shape index (κ3) is 6.69. The molecule has 0 saturated carbocycles. The van der Waals surface area contributed by atoms with Crippen molar-refractivity contribution in [3.63, 3.8) is 0 Å². The number of nitrogens with one attached hydrogen (secondary N) is 1. The van der Waals surface area contributed by atoms with Crippen LogP contribution in [0.2, 0.25) is 0 Å². The molecule has 0 aliphatic rings. The lowest BCUT2D eigenvalue weighted by Gasteiger charge is -2.18. The third-order valence-corrected chi connectivity index (χ3v) is 7.12. The number of nitrogens with zero attached hydrogens (tertiary/aromatic N) is 1. The summed E-state index contributed by atoms with van der Waals surface area (Å²) in [6, 6.07) is 25.6. The van der Waals surface area contributed by atoms with Crippen molar-refractivity contribution in [3.05, 3.63) is 101 Å². The molecule has 3 aromatic carbocycles. The highest BCUT2D eigenvalue weighted by Crippen LogP contribution is 2.37. The van der Waals surface area contributed by atoms with Gasteiger partial charge in [0.2, 0.25) is 5.91 Å². The van der Waals surface area contributed by atoms with E-state index in [9.17, 15) is 9.59 Å². The zero-order chi connectivity index (χ0) is 27.8. The molecule has 6 heteroatoms. The maximum atomic E-state index is 13.3. The van der Waals surface area contributed by atoms with Crippen LogP contribution in [0.4, 0.5) is 0 Å². The lowest BCUT2D eigenvalue weighted by Crippen LogP contribution is -2.32. The second-order valence-corrected chi connectivity index (χ2v) is 9.92. The summed E-state index contributed by atoms with van der Waals surface area (Å²) in [7, 11) is 0. The van der Waals surface area contributed by atoms with Gasteiger partial charge in [0.25, 0.3) is 0 Å². The second-order valence-electron chi connectivity index (χ2n) is 9.92. The third-order valence-electron chi connectivity index (χ3n) is 7.12. The molecule has 0 radical (unpaired) electrons. The maximum Gasteiger partial charge on any atom is 0.308 e. The van der Waals surface area contributed by atoms with E-state index in [-0.39, 0.29) is 17.8 Å². The van der Waals surface area contributed by atoms with Gasteiger partial charge in [-0.25, -0.2) is 0 Å². The molecule has 1 heterocycles. The maximum absolute atomic E-state index is 13.3. The van der Waals surface area contributed by atoms with Gasteiger partial charge < -0.3 is 19.4 Å². The fourth-order valence-corrected chi connectivity index (χ4v) is 5.05. The van der Waals surface area contributed by atoms with Crippen LogP contribution in [0.25, 0.3) is 10.9 Å². The van der Waals surface area contributed by atoms with Crippen LogP contribution in [0.3, 0.4) is 0 Å². The summed E-state index contributed by atoms with van der Waals surface area (Å²) in [4.78, 5) is 25.9. The number of carbonyl (C=O) groups is 2. The molecule has 204 valence electrons. The Morgan fingerprint density at radius 1 is 0.897 bits per heavy atom. The molecule has 1 aromatic heterocycles. The number of hydrogen-bond acceptors (Lipinski definition) is 4. The van der Waals surface area contributed by atoms with Gasteiger partial charge >= 0.3 is 5.97 Å². The summed E-state index contributed by atoms with van der Waals surface area (Å²) in [6.07, 6.45) is 1.26. The standard InChI is InChI=1S/C33H38N2O4/c1-5-38-33(37)23(2)21-28-24(3)35(25(4)32(36)34-20-19-26-13-8-6-9-14-26)29-17-12-18-30(31(28)29)39-22-27-15-10-7-11-16-27/h6-18,23,25H,5,19-22H2,1-4H3,(H,34,36). The number of fused-ring (bicyclic) bond motifs is 1. The Labute approximate surface area is 230 Å². The number of carbonyl (C=O) groups excluding carboxylic acids is 2. The number of benzene rings is 3. The summed E-state index contributed by atoms with van der Waals surface area (Å²) in [5, 5.41) is 4.04. The van der Waals surface area contributed by atoms with E-state index in [0.717, 1.165) is 39.9 Å². The van der Waals surface area contributed by atoms with Crippen LogP contribution in [0.1, 0.15) is 49.2 Å². The van der Waals surface area contributed by atoms with Crippen molar-refractivity contribution in [1.82, 2.24) is 9.88 Å². The molecule has 2 atom stereocenters. The lowest BCUT2D eigenvalue weighted by atomic mass is 9.98. The molecular formula is C33H38N2O4. The molecule has 4 aromatic rings. The van der Waals surface area contributed by atoms with Crippen LogP contribution in [-0.2, 0) is 33.8 Å². The van der Waals surface area contributed by atoms with Gasteiger partial charge in [-0.05, 0) is 62.4 Å². The zero-order valence-corrected chi connectivity index (χ0v) is 23.3. The van der Waals surface area contributed by atoms with Crippen molar-refractivity contribution < 1.29 is 19.1 Å². The summed E-state index contributed by atoms with van der Waals surface area (Å²) < 4.78 is 13.7. The first kappa shape index (κ1) is 28.0. The average Bonchev–Trinajstić information content (AvgIpc) is 3.23. The van der Waals surface area contributed by atoms with Crippen molar-refractivity contribution >= 4 is 22.8 Å². The van der Waals surface area contributed by atoms with Crippen LogP contribution in [0.5, 0.6) is 5.75 Å². The van der Waals surface area contributed by atoms with Crippen molar-refractivity contribution in [2.45, 2.75) is 53.2 Å². The van der Waals surface area contributed by atoms with Crippen LogP contribution in [0.15, 0.2) is 78.9 Å². The monoisotopic (exact) mass is 526 g/mol. The lowest BCUT2D eigenvalue weighted by molar-refractivity contribution is -0.147. The Hall–Kier alpha value is -4.06. The van der Waals surface area contributed by atoms with Gasteiger partial charge in [-0.15, -0.1) is 0 Å². The Balaban J connectivity index is 1.65. The predicted molar refractivity (Wildman–Crippen MR) is 155 cm³/mol. The molecule has 0 bridgehead atoms. The van der Waals surface area contributed by atoms with Gasteiger partial charge in [-0.1, -0.05) is 73.7 Å². The number of ether oxygens (including phenoxy) is 2. The normalized spacial score (nSPS) is 12.6. The fourth-order valence-electron chi connectivity index (χ4n) is 5.05. The SMILES string of the molecule is CCOC(=O)C(C)Cc1c(C)n(C(C)C(=O)NCCc2ccccc2)c2cccc(OCc3ccccc3)c12. The van der Waals surface area contributed by atoms with Gasteiger partial charge in [0.1, 0.15) is 18.4 Å². The summed E-state index contributed by atoms with van der Waals surface area (Å²) >= 11 is 0. The van der Waals surface area contributed by atoms with Crippen molar-refractivity contribution in [3.8, 4) is 5.75 Å². The average molecular weight is 527 g/mol. The summed E-state index contributed by atoms with van der Waals surface area (Å²) in [6.45, 7) is 8.96. The van der Waals surface area contributed by atoms with Crippen LogP contribution in [-0.4, -0.2) is 29.6 Å². The van der Waals surface area contributed by atoms with Gasteiger partial charge in [-0.3, -0.25) is 9.59 Å². The van der Waals surface area contributed by atoms with E-state index < -0.39 is 6.04 Å². The van der Waals surface area contributed by atoms with Gasteiger partial charge in [0, 0.05) is 17.6 Å². The minimum Gasteiger partial charge on any atom is -0.488 e. The Kier molecular flexibility index (Phi) is 9.42. The van der Waals surface area contributed by atoms with E-state index in [4.69, 9.17) is 9.47 Å². The minimum absolute atomic E-state index is 0.0495.